The third-order valence-corrected chi connectivity index (χ3v) is 0. The summed E-state index contributed by atoms with van der Waals surface area (Å²) in [6.45, 7) is 4.98. The van der Waals surface area contributed by atoms with E-state index in [2.05, 4.69) is 0 Å². The van der Waals surface area contributed by atoms with E-state index in [0.717, 1.165) is 0 Å². The minimum Gasteiger partial charge on any atom is -0.483 e. The van der Waals surface area contributed by atoms with Gasteiger partial charge < -0.3 is 15.7 Å². The number of hydrogen-bond acceptors (Lipinski definition) is 2. The number of aliphatic hydroxyl groups is 1. The zero-order valence-electron chi connectivity index (χ0n) is 5.88. The zero-order valence-corrected chi connectivity index (χ0v) is 5.88. The first-order valence-corrected chi connectivity index (χ1v) is 2.22. The number of carboxylic acid groups (broad SMARTS) is 1. The fourth-order valence-corrected chi connectivity index (χ4v) is 0. The molecule has 0 heterocycles. The van der Waals surface area contributed by atoms with Gasteiger partial charge in [0.1, 0.15) is 0 Å². The van der Waals surface area contributed by atoms with Crippen molar-refractivity contribution in [3.05, 3.63) is 0 Å². The van der Waals surface area contributed by atoms with E-state index in [9.17, 15) is 0 Å². The normalized spacial score (nSPS) is 8.00. The van der Waals surface area contributed by atoms with Crippen molar-refractivity contribution in [2.45, 2.75) is 26.4 Å². The molecular formula is C5H14O4. The van der Waals surface area contributed by atoms with Gasteiger partial charge in [0.05, 0.1) is 5.60 Å². The molecule has 0 spiro atoms. The summed E-state index contributed by atoms with van der Waals surface area (Å²) in [4.78, 5) is 8.36. The molecule has 4 heteroatoms. The second kappa shape index (κ2) is 7.39. The van der Waals surface area contributed by atoms with Crippen molar-refractivity contribution in [3.63, 3.8) is 0 Å². The maximum absolute atomic E-state index is 8.52. The van der Waals surface area contributed by atoms with Gasteiger partial charge in [-0.15, -0.1) is 0 Å². The highest BCUT2D eigenvalue weighted by Gasteiger charge is 1.97. The summed E-state index contributed by atoms with van der Waals surface area (Å²) in [5.74, 6) is 0. The summed E-state index contributed by atoms with van der Waals surface area (Å²) in [7, 11) is 0. The van der Waals surface area contributed by atoms with E-state index >= 15 is 0 Å². The summed E-state index contributed by atoms with van der Waals surface area (Å²) in [6.07, 6.45) is 0. The molecule has 0 atom stereocenters. The van der Waals surface area contributed by atoms with Crippen molar-refractivity contribution < 1.29 is 20.5 Å². The molecule has 0 aromatic heterocycles. The topological polar surface area (TPSA) is 89.0 Å². The lowest BCUT2D eigenvalue weighted by molar-refractivity contribution is -0.122. The van der Waals surface area contributed by atoms with E-state index in [4.69, 9.17) is 15.0 Å². The first kappa shape index (κ1) is 15.8. The van der Waals surface area contributed by atoms with E-state index < -0.39 is 5.60 Å². The Hall–Kier alpha value is -0.610. The van der Waals surface area contributed by atoms with E-state index in [1.807, 2.05) is 0 Å². The molecule has 9 heavy (non-hydrogen) atoms. The maximum Gasteiger partial charge on any atom is 0.290 e. The maximum atomic E-state index is 8.52. The first-order chi connectivity index (χ1) is 3.41. The van der Waals surface area contributed by atoms with Crippen LogP contribution in [0.3, 0.4) is 0 Å². The molecule has 0 aromatic carbocycles. The third kappa shape index (κ3) is 577. The van der Waals surface area contributed by atoms with Gasteiger partial charge in [0, 0.05) is 0 Å². The monoisotopic (exact) mass is 138 g/mol. The highest BCUT2D eigenvalue weighted by Crippen LogP contribution is 1.93. The van der Waals surface area contributed by atoms with Crippen molar-refractivity contribution in [3.8, 4) is 0 Å². The highest BCUT2D eigenvalue weighted by molar-refractivity contribution is 5.32. The van der Waals surface area contributed by atoms with E-state index in [0.29, 0.717) is 0 Å². The lowest BCUT2D eigenvalue weighted by Gasteiger charge is -2.04. The van der Waals surface area contributed by atoms with E-state index in [-0.39, 0.29) is 11.9 Å². The Labute approximate surface area is 54.4 Å². The van der Waals surface area contributed by atoms with Crippen LogP contribution < -0.4 is 0 Å². The van der Waals surface area contributed by atoms with Crippen LogP contribution in [0.1, 0.15) is 20.8 Å². The molecule has 0 fully saturated rings. The van der Waals surface area contributed by atoms with Crippen LogP contribution in [-0.4, -0.2) is 27.8 Å². The molecule has 58 valence electrons. The standard InChI is InChI=1S/C4H10O.CH2O2.H2O/c1-4(2,3)5;2-1-3;/h5H,1-3H3;1H,(H,2,3);1H2. The molecule has 0 aliphatic heterocycles. The predicted molar refractivity (Wildman–Crippen MR) is 34.3 cm³/mol. The van der Waals surface area contributed by atoms with Gasteiger partial charge in [-0.3, -0.25) is 4.79 Å². The lowest BCUT2D eigenvalue weighted by atomic mass is 10.2. The molecule has 4 nitrogen and oxygen atoms in total. The Morgan fingerprint density at radius 3 is 1.33 bits per heavy atom. The molecule has 0 bridgehead atoms. The van der Waals surface area contributed by atoms with Gasteiger partial charge >= 0.3 is 0 Å². The molecule has 0 aliphatic carbocycles. The average molecular weight is 138 g/mol. The number of hydrogen-bond donors (Lipinski definition) is 2. The molecule has 0 rings (SSSR count). The summed E-state index contributed by atoms with van der Waals surface area (Å²) in [5, 5.41) is 15.4. The Balaban J connectivity index is -0.0000000800. The molecule has 0 saturated heterocycles. The van der Waals surface area contributed by atoms with Crippen LogP contribution in [0.15, 0.2) is 0 Å². The Morgan fingerprint density at radius 1 is 1.33 bits per heavy atom. The van der Waals surface area contributed by atoms with Crippen LogP contribution in [0.25, 0.3) is 0 Å². The van der Waals surface area contributed by atoms with Crippen molar-refractivity contribution in [2.75, 3.05) is 0 Å². The minimum atomic E-state index is -0.500. The minimum absolute atomic E-state index is 0. The molecule has 4 N–H and O–H groups in total. The Bertz CT molecular complexity index is 48.5. The van der Waals surface area contributed by atoms with Crippen LogP contribution in [-0.2, 0) is 4.79 Å². The van der Waals surface area contributed by atoms with Gasteiger partial charge in [0.25, 0.3) is 6.47 Å². The molecule has 0 aliphatic rings. The number of carbonyl (C=O) groups is 1. The SMILES string of the molecule is CC(C)(C)O.O.O=CO. The van der Waals surface area contributed by atoms with Crippen LogP contribution in [0.4, 0.5) is 0 Å². The van der Waals surface area contributed by atoms with Crippen LogP contribution in [0, 0.1) is 0 Å². The first-order valence-electron chi connectivity index (χ1n) is 2.22. The van der Waals surface area contributed by atoms with Crippen LogP contribution in [0.2, 0.25) is 0 Å². The van der Waals surface area contributed by atoms with Gasteiger partial charge in [-0.2, -0.15) is 0 Å². The van der Waals surface area contributed by atoms with Gasteiger partial charge in [0.15, 0.2) is 0 Å². The smallest absolute Gasteiger partial charge is 0.290 e. The van der Waals surface area contributed by atoms with E-state index in [1.54, 1.807) is 20.8 Å². The molecule has 0 unspecified atom stereocenters. The van der Waals surface area contributed by atoms with Gasteiger partial charge in [-0.05, 0) is 20.8 Å². The summed E-state index contributed by atoms with van der Waals surface area (Å²) in [5.41, 5.74) is -0.500. The summed E-state index contributed by atoms with van der Waals surface area (Å²) in [6, 6.07) is 0. The highest BCUT2D eigenvalue weighted by atomic mass is 16.3. The van der Waals surface area contributed by atoms with Crippen molar-refractivity contribution in [1.82, 2.24) is 0 Å². The molecule has 0 amide bonds. The fraction of sp³-hybridized carbons (Fsp3) is 0.800. The second-order valence-electron chi connectivity index (χ2n) is 2.28. The third-order valence-electron chi connectivity index (χ3n) is 0. The van der Waals surface area contributed by atoms with Gasteiger partial charge in [-0.1, -0.05) is 0 Å². The Morgan fingerprint density at radius 2 is 1.33 bits per heavy atom. The lowest BCUT2D eigenvalue weighted by Crippen LogP contribution is -2.10. The predicted octanol–water partition coefficient (Wildman–Crippen LogP) is -0.347. The van der Waals surface area contributed by atoms with Gasteiger partial charge in [0.2, 0.25) is 0 Å². The quantitative estimate of drug-likeness (QED) is 0.448. The molecular weight excluding hydrogens is 124 g/mol. The molecule has 0 aromatic rings. The zero-order chi connectivity index (χ0) is 7.21. The van der Waals surface area contributed by atoms with E-state index in [1.165, 1.54) is 0 Å². The summed E-state index contributed by atoms with van der Waals surface area (Å²) < 4.78 is 0. The number of rotatable bonds is 0. The summed E-state index contributed by atoms with van der Waals surface area (Å²) >= 11 is 0. The average Bonchev–Trinajstić information content (AvgIpc) is 1.27. The largest absolute Gasteiger partial charge is 0.483 e. The molecule has 0 saturated carbocycles. The van der Waals surface area contributed by atoms with Crippen molar-refractivity contribution in [2.24, 2.45) is 0 Å². The fourth-order valence-electron chi connectivity index (χ4n) is 0. The van der Waals surface area contributed by atoms with Gasteiger partial charge in [-0.25, -0.2) is 0 Å². The Kier molecular flexibility index (Phi) is 13.0. The molecule has 0 radical (unpaired) electrons. The van der Waals surface area contributed by atoms with Crippen molar-refractivity contribution >= 4 is 6.47 Å². The second-order valence-corrected chi connectivity index (χ2v) is 2.28. The van der Waals surface area contributed by atoms with Crippen LogP contribution >= 0.6 is 0 Å². The van der Waals surface area contributed by atoms with Crippen LogP contribution in [0.5, 0.6) is 0 Å². The van der Waals surface area contributed by atoms with Crippen molar-refractivity contribution in [1.29, 1.82) is 0 Å².